The molecule has 0 aliphatic rings. The fourth-order valence-corrected chi connectivity index (χ4v) is 2.13. The van der Waals surface area contributed by atoms with E-state index in [9.17, 15) is 4.79 Å². The molecule has 1 aromatic carbocycles. The number of methoxy groups -OCH3 is 1. The third-order valence-electron chi connectivity index (χ3n) is 3.34. The zero-order chi connectivity index (χ0) is 15.4. The predicted octanol–water partition coefficient (Wildman–Crippen LogP) is 3.15. The van der Waals surface area contributed by atoms with Gasteiger partial charge in [-0.2, -0.15) is 0 Å². The largest absolute Gasteiger partial charge is 0.497 e. The van der Waals surface area contributed by atoms with Crippen molar-refractivity contribution in [2.45, 2.75) is 26.4 Å². The minimum absolute atomic E-state index is 0.000772. The molecule has 0 unspecified atom stereocenters. The van der Waals surface area contributed by atoms with Crippen LogP contribution >= 0.6 is 0 Å². The molecule has 1 heterocycles. The number of furan rings is 1. The van der Waals surface area contributed by atoms with Gasteiger partial charge in [0.25, 0.3) is 0 Å². The Morgan fingerprint density at radius 2 is 2.19 bits per heavy atom. The molecule has 2 rings (SSSR count). The predicted molar refractivity (Wildman–Crippen MR) is 78.7 cm³/mol. The first-order chi connectivity index (χ1) is 10.0. The third-order valence-corrected chi connectivity index (χ3v) is 3.34. The van der Waals surface area contributed by atoms with Crippen LogP contribution in [0.3, 0.4) is 0 Å². The minimum atomic E-state index is -1.04. The number of carboxylic acid groups (broad SMARTS) is 1. The number of aryl methyl sites for hydroxylation is 1. The summed E-state index contributed by atoms with van der Waals surface area (Å²) < 4.78 is 10.5. The Balaban J connectivity index is 2.02. The Morgan fingerprint density at radius 1 is 1.43 bits per heavy atom. The normalized spacial score (nSPS) is 12.1. The van der Waals surface area contributed by atoms with Crippen molar-refractivity contribution in [3.8, 4) is 5.75 Å². The number of hydrogen-bond acceptors (Lipinski definition) is 4. The van der Waals surface area contributed by atoms with Crippen molar-refractivity contribution in [3.63, 3.8) is 0 Å². The van der Waals surface area contributed by atoms with Crippen molar-refractivity contribution in [2.24, 2.45) is 0 Å². The third kappa shape index (κ3) is 3.64. The molecule has 0 radical (unpaired) electrons. The molecular formula is C16H19NO4. The fourth-order valence-electron chi connectivity index (χ4n) is 2.13. The van der Waals surface area contributed by atoms with Crippen LogP contribution in [0, 0.1) is 6.92 Å². The number of carboxylic acids is 1. The summed E-state index contributed by atoms with van der Waals surface area (Å²) in [5.41, 5.74) is 1.73. The number of benzene rings is 1. The van der Waals surface area contributed by atoms with Gasteiger partial charge >= 0.3 is 5.97 Å². The lowest BCUT2D eigenvalue weighted by molar-refractivity contribution is 0.0659. The molecule has 0 saturated carbocycles. The van der Waals surface area contributed by atoms with Crippen LogP contribution in [0.1, 0.15) is 40.4 Å². The van der Waals surface area contributed by atoms with E-state index in [2.05, 4.69) is 5.32 Å². The molecule has 0 aliphatic carbocycles. The smallest absolute Gasteiger partial charge is 0.372 e. The van der Waals surface area contributed by atoms with Crippen LogP contribution in [0.5, 0.6) is 5.75 Å². The van der Waals surface area contributed by atoms with Crippen molar-refractivity contribution in [3.05, 3.63) is 53.0 Å². The van der Waals surface area contributed by atoms with Crippen LogP contribution in [-0.2, 0) is 6.54 Å². The molecule has 21 heavy (non-hydrogen) atoms. The van der Waals surface area contributed by atoms with Crippen LogP contribution in [0.2, 0.25) is 0 Å². The number of carbonyl (C=O) groups is 1. The highest BCUT2D eigenvalue weighted by Crippen LogP contribution is 2.20. The summed E-state index contributed by atoms with van der Waals surface area (Å²) in [5, 5.41) is 12.3. The highest BCUT2D eigenvalue weighted by atomic mass is 16.5. The maximum Gasteiger partial charge on any atom is 0.372 e. The first kappa shape index (κ1) is 15.1. The Kier molecular flexibility index (Phi) is 4.65. The molecule has 2 N–H and O–H groups in total. The van der Waals surface area contributed by atoms with Gasteiger partial charge in [-0.1, -0.05) is 12.1 Å². The van der Waals surface area contributed by atoms with E-state index in [0.29, 0.717) is 17.9 Å². The number of hydrogen-bond donors (Lipinski definition) is 2. The molecule has 5 nitrogen and oxygen atoms in total. The van der Waals surface area contributed by atoms with Crippen LogP contribution in [0.25, 0.3) is 0 Å². The average molecular weight is 289 g/mol. The maximum atomic E-state index is 10.9. The fraction of sp³-hybridized carbons (Fsp3) is 0.312. The SMILES string of the molecule is COc1cccc([C@@H](C)NCc2cc(C)c(C(=O)O)o2)c1. The summed E-state index contributed by atoms with van der Waals surface area (Å²) in [6, 6.07) is 9.65. The Bertz CT molecular complexity index is 633. The van der Waals surface area contributed by atoms with E-state index in [1.54, 1.807) is 20.1 Å². The van der Waals surface area contributed by atoms with E-state index < -0.39 is 5.97 Å². The van der Waals surface area contributed by atoms with Crippen LogP contribution in [-0.4, -0.2) is 18.2 Å². The summed E-state index contributed by atoms with van der Waals surface area (Å²) in [5.74, 6) is 0.378. The van der Waals surface area contributed by atoms with Crippen LogP contribution in [0.4, 0.5) is 0 Å². The van der Waals surface area contributed by atoms with Gasteiger partial charge < -0.3 is 19.6 Å². The van der Waals surface area contributed by atoms with Crippen LogP contribution in [0.15, 0.2) is 34.7 Å². The second-order valence-corrected chi connectivity index (χ2v) is 4.91. The lowest BCUT2D eigenvalue weighted by atomic mass is 10.1. The number of aromatic carboxylic acids is 1. The summed E-state index contributed by atoms with van der Waals surface area (Å²) in [6.45, 7) is 4.22. The molecule has 112 valence electrons. The monoisotopic (exact) mass is 289 g/mol. The highest BCUT2D eigenvalue weighted by molar-refractivity contribution is 5.86. The average Bonchev–Trinajstić information content (AvgIpc) is 2.86. The van der Waals surface area contributed by atoms with E-state index in [1.807, 2.05) is 31.2 Å². The van der Waals surface area contributed by atoms with Gasteiger partial charge in [-0.05, 0) is 37.6 Å². The van der Waals surface area contributed by atoms with Crippen molar-refractivity contribution in [2.75, 3.05) is 7.11 Å². The van der Waals surface area contributed by atoms with E-state index >= 15 is 0 Å². The van der Waals surface area contributed by atoms with E-state index in [4.69, 9.17) is 14.3 Å². The Labute approximate surface area is 123 Å². The summed E-state index contributed by atoms with van der Waals surface area (Å²) in [7, 11) is 1.64. The molecule has 1 atom stereocenters. The lowest BCUT2D eigenvalue weighted by Gasteiger charge is -2.14. The number of rotatable bonds is 6. The second-order valence-electron chi connectivity index (χ2n) is 4.91. The molecule has 0 bridgehead atoms. The van der Waals surface area contributed by atoms with Gasteiger partial charge in [0.1, 0.15) is 11.5 Å². The first-order valence-electron chi connectivity index (χ1n) is 6.71. The molecule has 0 amide bonds. The molecule has 2 aromatic rings. The van der Waals surface area contributed by atoms with Crippen molar-refractivity contribution in [1.29, 1.82) is 0 Å². The van der Waals surface area contributed by atoms with Crippen molar-refractivity contribution < 1.29 is 19.1 Å². The van der Waals surface area contributed by atoms with E-state index in [-0.39, 0.29) is 11.8 Å². The van der Waals surface area contributed by atoms with Gasteiger partial charge in [-0.15, -0.1) is 0 Å². The highest BCUT2D eigenvalue weighted by Gasteiger charge is 2.15. The quantitative estimate of drug-likeness (QED) is 0.854. The zero-order valence-corrected chi connectivity index (χ0v) is 12.3. The topological polar surface area (TPSA) is 71.7 Å². The molecular weight excluding hydrogens is 270 g/mol. The Morgan fingerprint density at radius 3 is 2.81 bits per heavy atom. The van der Waals surface area contributed by atoms with Gasteiger partial charge in [-0.25, -0.2) is 4.79 Å². The Hall–Kier alpha value is -2.27. The van der Waals surface area contributed by atoms with Crippen LogP contribution < -0.4 is 10.1 Å². The molecule has 0 fully saturated rings. The van der Waals surface area contributed by atoms with Gasteiger partial charge in [0, 0.05) is 11.6 Å². The summed E-state index contributed by atoms with van der Waals surface area (Å²) in [6.07, 6.45) is 0. The van der Waals surface area contributed by atoms with Crippen molar-refractivity contribution in [1.82, 2.24) is 5.32 Å². The van der Waals surface area contributed by atoms with Gasteiger partial charge in [0.05, 0.1) is 13.7 Å². The van der Waals surface area contributed by atoms with E-state index in [0.717, 1.165) is 11.3 Å². The summed E-state index contributed by atoms with van der Waals surface area (Å²) in [4.78, 5) is 10.9. The van der Waals surface area contributed by atoms with Gasteiger partial charge in [0.15, 0.2) is 0 Å². The van der Waals surface area contributed by atoms with Gasteiger partial charge in [0.2, 0.25) is 5.76 Å². The molecule has 0 saturated heterocycles. The molecule has 0 spiro atoms. The standard InChI is InChI=1S/C16H19NO4/c1-10-7-14(21-15(10)16(18)19)9-17-11(2)12-5-4-6-13(8-12)20-3/h4-8,11,17H,9H2,1-3H3,(H,18,19)/t11-/m1/s1. The first-order valence-corrected chi connectivity index (χ1v) is 6.71. The number of ether oxygens (including phenoxy) is 1. The summed E-state index contributed by atoms with van der Waals surface area (Å²) >= 11 is 0. The zero-order valence-electron chi connectivity index (χ0n) is 12.3. The minimum Gasteiger partial charge on any atom is -0.497 e. The molecule has 0 aliphatic heterocycles. The molecule has 5 heteroatoms. The lowest BCUT2D eigenvalue weighted by Crippen LogP contribution is -2.17. The van der Waals surface area contributed by atoms with Gasteiger partial charge in [-0.3, -0.25) is 0 Å². The number of nitrogens with one attached hydrogen (secondary N) is 1. The van der Waals surface area contributed by atoms with E-state index in [1.165, 1.54) is 0 Å². The molecule has 1 aromatic heterocycles. The second kappa shape index (κ2) is 6.45. The maximum absolute atomic E-state index is 10.9. The van der Waals surface area contributed by atoms with Crippen molar-refractivity contribution >= 4 is 5.97 Å².